The molecular weight excluding hydrogens is 258 g/mol. The molecule has 104 valence electrons. The van der Waals surface area contributed by atoms with Crippen LogP contribution < -0.4 is 5.32 Å². The topological polar surface area (TPSA) is 29.9 Å². The van der Waals surface area contributed by atoms with Gasteiger partial charge in [-0.05, 0) is 35.2 Å². The van der Waals surface area contributed by atoms with Crippen LogP contribution in [-0.2, 0) is 6.42 Å². The molecule has 3 heteroatoms. The van der Waals surface area contributed by atoms with Gasteiger partial charge in [-0.3, -0.25) is 0 Å². The van der Waals surface area contributed by atoms with Crippen molar-refractivity contribution in [2.45, 2.75) is 12.5 Å². The average molecular weight is 275 g/mol. The monoisotopic (exact) mass is 275 g/mol. The largest absolute Gasteiger partial charge is 0.306 e. The predicted octanol–water partition coefficient (Wildman–Crippen LogP) is 3.11. The van der Waals surface area contributed by atoms with Gasteiger partial charge in [-0.1, -0.05) is 36.4 Å². The van der Waals surface area contributed by atoms with Gasteiger partial charge in [0.1, 0.15) is 0 Å². The first-order valence-corrected chi connectivity index (χ1v) is 7.31. The van der Waals surface area contributed by atoms with Crippen molar-refractivity contribution in [2.24, 2.45) is 0 Å². The molecule has 1 N–H and O–H groups in total. The predicted molar refractivity (Wildman–Crippen MR) is 83.6 cm³/mol. The van der Waals surface area contributed by atoms with Crippen molar-refractivity contribution in [3.63, 3.8) is 0 Å². The van der Waals surface area contributed by atoms with E-state index in [9.17, 15) is 0 Å². The highest BCUT2D eigenvalue weighted by Gasteiger charge is 2.20. The van der Waals surface area contributed by atoms with Gasteiger partial charge < -0.3 is 9.88 Å². The summed E-state index contributed by atoms with van der Waals surface area (Å²) in [6.07, 6.45) is 6.69. The van der Waals surface area contributed by atoms with Crippen LogP contribution in [-0.4, -0.2) is 16.1 Å². The number of nitrogens with zero attached hydrogens (tertiary/aromatic N) is 2. The molecule has 0 saturated heterocycles. The molecule has 0 spiro atoms. The van der Waals surface area contributed by atoms with E-state index >= 15 is 0 Å². The van der Waals surface area contributed by atoms with Crippen molar-refractivity contribution in [1.29, 1.82) is 0 Å². The summed E-state index contributed by atoms with van der Waals surface area (Å²) >= 11 is 0. The zero-order valence-corrected chi connectivity index (χ0v) is 11.7. The van der Waals surface area contributed by atoms with E-state index in [-0.39, 0.29) is 0 Å². The van der Waals surface area contributed by atoms with Crippen LogP contribution in [0.2, 0.25) is 0 Å². The average Bonchev–Trinajstić information content (AvgIpc) is 3.09. The highest BCUT2D eigenvalue weighted by atomic mass is 15.0. The summed E-state index contributed by atoms with van der Waals surface area (Å²) in [5.41, 5.74) is 5.31. The maximum Gasteiger partial charge on any atom is 0.0991 e. The Morgan fingerprint density at radius 3 is 2.71 bits per heavy atom. The molecule has 1 aliphatic rings. The molecule has 3 nitrogen and oxygen atoms in total. The molecule has 0 aliphatic carbocycles. The van der Waals surface area contributed by atoms with E-state index in [4.69, 9.17) is 0 Å². The Hall–Kier alpha value is -2.39. The van der Waals surface area contributed by atoms with Gasteiger partial charge >= 0.3 is 0 Å². The quantitative estimate of drug-likeness (QED) is 0.779. The first-order chi connectivity index (χ1) is 10.4. The first-order valence-electron chi connectivity index (χ1n) is 7.31. The highest BCUT2D eigenvalue weighted by Crippen LogP contribution is 2.28. The van der Waals surface area contributed by atoms with Crippen LogP contribution in [0.5, 0.6) is 0 Å². The zero-order chi connectivity index (χ0) is 14.1. The summed E-state index contributed by atoms with van der Waals surface area (Å²) in [6, 6.07) is 17.7. The SMILES string of the molecule is c1ccc2c(c1)CCN[C@H]2c1ccc(-n2ccnc2)cc1. The van der Waals surface area contributed by atoms with E-state index < -0.39 is 0 Å². The van der Waals surface area contributed by atoms with E-state index in [0.29, 0.717) is 6.04 Å². The number of nitrogens with one attached hydrogen (secondary N) is 1. The number of imidazole rings is 1. The van der Waals surface area contributed by atoms with Crippen molar-refractivity contribution in [1.82, 2.24) is 14.9 Å². The van der Waals surface area contributed by atoms with Gasteiger partial charge in [0.2, 0.25) is 0 Å². The summed E-state index contributed by atoms with van der Waals surface area (Å²) in [5, 5.41) is 3.63. The summed E-state index contributed by atoms with van der Waals surface area (Å²) in [6.45, 7) is 1.03. The van der Waals surface area contributed by atoms with Crippen LogP contribution in [0, 0.1) is 0 Å². The molecule has 4 rings (SSSR count). The Morgan fingerprint density at radius 2 is 1.90 bits per heavy atom. The summed E-state index contributed by atoms with van der Waals surface area (Å²) in [7, 11) is 0. The Labute approximate surface area is 124 Å². The third kappa shape index (κ3) is 2.26. The number of aromatic nitrogens is 2. The number of rotatable bonds is 2. The lowest BCUT2D eigenvalue weighted by molar-refractivity contribution is 0.568. The fraction of sp³-hybridized carbons (Fsp3) is 0.167. The van der Waals surface area contributed by atoms with Gasteiger partial charge in [-0.15, -0.1) is 0 Å². The van der Waals surface area contributed by atoms with Gasteiger partial charge in [-0.2, -0.15) is 0 Å². The van der Waals surface area contributed by atoms with Crippen molar-refractivity contribution in [3.05, 3.63) is 83.9 Å². The standard InChI is InChI=1S/C18H17N3/c1-2-4-17-14(3-1)9-10-20-18(17)15-5-7-16(8-6-15)21-12-11-19-13-21/h1-8,11-13,18,20H,9-10H2/t18-/m0/s1. The van der Waals surface area contributed by atoms with E-state index in [1.165, 1.54) is 16.7 Å². The molecule has 2 aromatic carbocycles. The molecular formula is C18H17N3. The van der Waals surface area contributed by atoms with Crippen molar-refractivity contribution < 1.29 is 0 Å². The molecule has 0 bridgehead atoms. The second kappa shape index (κ2) is 5.19. The maximum atomic E-state index is 4.09. The molecule has 1 aliphatic heterocycles. The van der Waals surface area contributed by atoms with Crippen molar-refractivity contribution >= 4 is 0 Å². The summed E-state index contributed by atoms with van der Waals surface area (Å²) in [5.74, 6) is 0. The van der Waals surface area contributed by atoms with Gasteiger partial charge in [0.25, 0.3) is 0 Å². The molecule has 0 fully saturated rings. The molecule has 0 radical (unpaired) electrons. The number of fused-ring (bicyclic) bond motifs is 1. The second-order valence-corrected chi connectivity index (χ2v) is 5.40. The smallest absolute Gasteiger partial charge is 0.0991 e. The Balaban J connectivity index is 1.69. The Bertz CT molecular complexity index is 729. The molecule has 1 aromatic heterocycles. The van der Waals surface area contributed by atoms with Crippen LogP contribution >= 0.6 is 0 Å². The fourth-order valence-electron chi connectivity index (χ4n) is 3.05. The van der Waals surface area contributed by atoms with E-state index in [2.05, 4.69) is 58.8 Å². The zero-order valence-electron chi connectivity index (χ0n) is 11.7. The van der Waals surface area contributed by atoms with Gasteiger partial charge in [0.15, 0.2) is 0 Å². The maximum absolute atomic E-state index is 4.09. The lowest BCUT2D eigenvalue weighted by atomic mass is 9.90. The minimum Gasteiger partial charge on any atom is -0.306 e. The number of benzene rings is 2. The number of hydrogen-bond donors (Lipinski definition) is 1. The normalized spacial score (nSPS) is 17.4. The van der Waals surface area contributed by atoms with Crippen molar-refractivity contribution in [3.8, 4) is 5.69 Å². The van der Waals surface area contributed by atoms with Crippen LogP contribution in [0.15, 0.2) is 67.3 Å². The van der Waals surface area contributed by atoms with E-state index in [0.717, 1.165) is 18.7 Å². The van der Waals surface area contributed by atoms with Gasteiger partial charge in [0, 0.05) is 24.6 Å². The third-order valence-electron chi connectivity index (χ3n) is 4.14. The molecule has 0 amide bonds. The second-order valence-electron chi connectivity index (χ2n) is 5.40. The molecule has 1 atom stereocenters. The fourth-order valence-corrected chi connectivity index (χ4v) is 3.05. The lowest BCUT2D eigenvalue weighted by Gasteiger charge is -2.27. The lowest BCUT2D eigenvalue weighted by Crippen LogP contribution is -2.30. The summed E-state index contributed by atoms with van der Waals surface area (Å²) in [4.78, 5) is 4.09. The molecule has 3 aromatic rings. The minimum absolute atomic E-state index is 0.298. The third-order valence-corrected chi connectivity index (χ3v) is 4.14. The Morgan fingerprint density at radius 1 is 1.05 bits per heavy atom. The van der Waals surface area contributed by atoms with Gasteiger partial charge in [-0.25, -0.2) is 4.98 Å². The van der Waals surface area contributed by atoms with E-state index in [1.54, 1.807) is 6.20 Å². The van der Waals surface area contributed by atoms with Crippen LogP contribution in [0.25, 0.3) is 5.69 Å². The Kier molecular flexibility index (Phi) is 3.05. The molecule has 0 unspecified atom stereocenters. The summed E-state index contributed by atoms with van der Waals surface area (Å²) < 4.78 is 2.02. The highest BCUT2D eigenvalue weighted by molar-refractivity contribution is 5.42. The van der Waals surface area contributed by atoms with Crippen molar-refractivity contribution in [2.75, 3.05) is 6.54 Å². The van der Waals surface area contributed by atoms with Crippen LogP contribution in [0.4, 0.5) is 0 Å². The molecule has 2 heterocycles. The number of hydrogen-bond acceptors (Lipinski definition) is 2. The van der Waals surface area contributed by atoms with Crippen LogP contribution in [0.1, 0.15) is 22.7 Å². The van der Waals surface area contributed by atoms with E-state index in [1.807, 2.05) is 17.1 Å². The molecule has 21 heavy (non-hydrogen) atoms. The van der Waals surface area contributed by atoms with Crippen LogP contribution in [0.3, 0.4) is 0 Å². The van der Waals surface area contributed by atoms with Gasteiger partial charge in [0.05, 0.1) is 12.4 Å². The molecule has 0 saturated carbocycles. The first kappa shape index (κ1) is 12.4. The minimum atomic E-state index is 0.298.